The van der Waals surface area contributed by atoms with E-state index in [4.69, 9.17) is 4.74 Å². The predicted molar refractivity (Wildman–Crippen MR) is 72.5 cm³/mol. The van der Waals surface area contributed by atoms with Gasteiger partial charge in [0, 0.05) is 17.9 Å². The van der Waals surface area contributed by atoms with Crippen LogP contribution in [-0.4, -0.2) is 24.0 Å². The number of carbonyl (C=O) groups excluding carboxylic acids is 1. The summed E-state index contributed by atoms with van der Waals surface area (Å²) in [6.07, 6.45) is 4.80. The van der Waals surface area contributed by atoms with Crippen LogP contribution >= 0.6 is 0 Å². The van der Waals surface area contributed by atoms with Gasteiger partial charge < -0.3 is 10.1 Å². The standard InChI is InChI=1S/C14H14N2O4/c1-20-14(17)13-10-5-2-4-8(10)9-6-3-7-11(16(18)19)12(9)15-13/h2-4,6-8,10,13,15H,5H2,1H3/t8-,10-,13+/m1/s1. The Morgan fingerprint density at radius 2 is 2.30 bits per heavy atom. The van der Waals surface area contributed by atoms with E-state index in [-0.39, 0.29) is 23.5 Å². The van der Waals surface area contributed by atoms with Gasteiger partial charge in [-0.1, -0.05) is 24.3 Å². The van der Waals surface area contributed by atoms with Crippen molar-refractivity contribution in [2.24, 2.45) is 5.92 Å². The van der Waals surface area contributed by atoms with Crippen molar-refractivity contribution in [3.63, 3.8) is 0 Å². The lowest BCUT2D eigenvalue weighted by atomic mass is 9.79. The van der Waals surface area contributed by atoms with Crippen LogP contribution in [0.25, 0.3) is 0 Å². The largest absolute Gasteiger partial charge is 0.467 e. The number of nitro benzene ring substituents is 1. The highest BCUT2D eigenvalue weighted by Crippen LogP contribution is 2.47. The lowest BCUT2D eigenvalue weighted by Crippen LogP contribution is -2.42. The van der Waals surface area contributed by atoms with Crippen molar-refractivity contribution >= 4 is 17.3 Å². The third kappa shape index (κ3) is 1.76. The molecular formula is C14H14N2O4. The van der Waals surface area contributed by atoms with Gasteiger partial charge in [0.1, 0.15) is 11.7 Å². The van der Waals surface area contributed by atoms with Crippen LogP contribution in [0.3, 0.4) is 0 Å². The van der Waals surface area contributed by atoms with Crippen LogP contribution in [0, 0.1) is 16.0 Å². The van der Waals surface area contributed by atoms with Crippen molar-refractivity contribution in [3.8, 4) is 0 Å². The van der Waals surface area contributed by atoms with Crippen LogP contribution in [-0.2, 0) is 9.53 Å². The van der Waals surface area contributed by atoms with Gasteiger partial charge in [-0.25, -0.2) is 4.79 Å². The molecule has 6 heteroatoms. The monoisotopic (exact) mass is 274 g/mol. The highest BCUT2D eigenvalue weighted by molar-refractivity contribution is 5.84. The fraction of sp³-hybridized carbons (Fsp3) is 0.357. The molecule has 0 bridgehead atoms. The summed E-state index contributed by atoms with van der Waals surface area (Å²) in [6.45, 7) is 0. The van der Waals surface area contributed by atoms with E-state index in [0.29, 0.717) is 5.69 Å². The highest BCUT2D eigenvalue weighted by atomic mass is 16.6. The highest BCUT2D eigenvalue weighted by Gasteiger charge is 2.43. The molecule has 1 heterocycles. The van der Waals surface area contributed by atoms with Gasteiger partial charge in [0.2, 0.25) is 0 Å². The Morgan fingerprint density at radius 3 is 3.00 bits per heavy atom. The molecule has 1 aliphatic carbocycles. The van der Waals surface area contributed by atoms with Gasteiger partial charge in [-0.15, -0.1) is 0 Å². The van der Waals surface area contributed by atoms with E-state index in [9.17, 15) is 14.9 Å². The average molecular weight is 274 g/mol. The summed E-state index contributed by atoms with van der Waals surface area (Å²) in [5.41, 5.74) is 1.30. The van der Waals surface area contributed by atoms with Crippen LogP contribution < -0.4 is 5.32 Å². The van der Waals surface area contributed by atoms with Crippen molar-refractivity contribution in [2.45, 2.75) is 18.4 Å². The third-order valence-electron chi connectivity index (χ3n) is 4.03. The number of para-hydroxylation sites is 1. The van der Waals surface area contributed by atoms with E-state index in [0.717, 1.165) is 12.0 Å². The third-order valence-corrected chi connectivity index (χ3v) is 4.03. The zero-order chi connectivity index (χ0) is 14.3. The van der Waals surface area contributed by atoms with Gasteiger partial charge in [-0.3, -0.25) is 10.1 Å². The van der Waals surface area contributed by atoms with Crippen LogP contribution in [0.4, 0.5) is 11.4 Å². The molecule has 1 aliphatic heterocycles. The lowest BCUT2D eigenvalue weighted by Gasteiger charge is -2.34. The molecule has 3 rings (SSSR count). The molecule has 20 heavy (non-hydrogen) atoms. The number of esters is 1. The molecule has 1 N–H and O–H groups in total. The molecular weight excluding hydrogens is 260 g/mol. The van der Waals surface area contributed by atoms with E-state index < -0.39 is 11.0 Å². The van der Waals surface area contributed by atoms with E-state index in [1.54, 1.807) is 6.07 Å². The summed E-state index contributed by atoms with van der Waals surface area (Å²) in [7, 11) is 1.33. The number of nitrogens with one attached hydrogen (secondary N) is 1. The molecule has 3 atom stereocenters. The molecule has 0 aromatic heterocycles. The number of hydrogen-bond acceptors (Lipinski definition) is 5. The lowest BCUT2D eigenvalue weighted by molar-refractivity contribution is -0.384. The van der Waals surface area contributed by atoms with E-state index in [1.165, 1.54) is 13.2 Å². The Hall–Kier alpha value is -2.37. The molecule has 0 spiro atoms. The van der Waals surface area contributed by atoms with Gasteiger partial charge in [-0.05, 0) is 12.0 Å². The van der Waals surface area contributed by atoms with E-state index >= 15 is 0 Å². The number of fused-ring (bicyclic) bond motifs is 3. The van der Waals surface area contributed by atoms with Crippen molar-refractivity contribution in [1.29, 1.82) is 0 Å². The van der Waals surface area contributed by atoms with Crippen molar-refractivity contribution in [1.82, 2.24) is 0 Å². The summed E-state index contributed by atoms with van der Waals surface area (Å²) >= 11 is 0. The van der Waals surface area contributed by atoms with Crippen molar-refractivity contribution < 1.29 is 14.5 Å². The second-order valence-corrected chi connectivity index (χ2v) is 5.00. The number of allylic oxidation sites excluding steroid dienone is 2. The minimum atomic E-state index is -0.548. The number of hydrogen-bond donors (Lipinski definition) is 1. The van der Waals surface area contributed by atoms with Gasteiger partial charge >= 0.3 is 5.97 Å². The molecule has 104 valence electrons. The molecule has 2 aliphatic rings. The summed E-state index contributed by atoms with van der Waals surface area (Å²) in [6, 6.07) is 4.45. The van der Waals surface area contributed by atoms with Gasteiger partial charge in [-0.2, -0.15) is 0 Å². The number of anilines is 1. The molecule has 6 nitrogen and oxygen atoms in total. The van der Waals surface area contributed by atoms with Gasteiger partial charge in [0.25, 0.3) is 5.69 Å². The molecule has 0 saturated carbocycles. The Kier molecular flexibility index (Phi) is 2.93. The first kappa shape index (κ1) is 12.7. The Morgan fingerprint density at radius 1 is 1.50 bits per heavy atom. The number of nitrogens with zero attached hydrogens (tertiary/aromatic N) is 1. The SMILES string of the molecule is COC(=O)[C@H]1Nc2c(cccc2[N+](=O)[O-])[C@H]2C=CC[C@@H]12. The second-order valence-electron chi connectivity index (χ2n) is 5.00. The average Bonchev–Trinajstić information content (AvgIpc) is 2.94. The first-order valence-electron chi connectivity index (χ1n) is 6.42. The smallest absolute Gasteiger partial charge is 0.328 e. The van der Waals surface area contributed by atoms with Crippen LogP contribution in [0.5, 0.6) is 0 Å². The summed E-state index contributed by atoms with van der Waals surface area (Å²) in [5.74, 6) is -0.306. The van der Waals surface area contributed by atoms with E-state index in [1.807, 2.05) is 18.2 Å². The zero-order valence-corrected chi connectivity index (χ0v) is 10.9. The summed E-state index contributed by atoms with van der Waals surface area (Å²) < 4.78 is 4.81. The molecule has 0 saturated heterocycles. The number of ether oxygens (including phenoxy) is 1. The van der Waals surface area contributed by atoms with Crippen molar-refractivity contribution in [3.05, 3.63) is 46.0 Å². The first-order chi connectivity index (χ1) is 9.63. The predicted octanol–water partition coefficient (Wildman–Crippen LogP) is 2.22. The minimum absolute atomic E-state index is 0.00449. The van der Waals surface area contributed by atoms with E-state index in [2.05, 4.69) is 5.32 Å². The Balaban J connectivity index is 2.11. The van der Waals surface area contributed by atoms with Gasteiger partial charge in [0.05, 0.1) is 12.0 Å². The molecule has 0 fully saturated rings. The topological polar surface area (TPSA) is 81.5 Å². The maximum atomic E-state index is 11.9. The zero-order valence-electron chi connectivity index (χ0n) is 10.9. The number of benzene rings is 1. The quantitative estimate of drug-likeness (QED) is 0.387. The summed E-state index contributed by atoms with van der Waals surface area (Å²) in [4.78, 5) is 22.6. The number of rotatable bonds is 2. The molecule has 1 aromatic carbocycles. The molecule has 0 radical (unpaired) electrons. The van der Waals surface area contributed by atoms with Crippen LogP contribution in [0.15, 0.2) is 30.4 Å². The minimum Gasteiger partial charge on any atom is -0.467 e. The number of nitro groups is 1. The Labute approximate surface area is 115 Å². The summed E-state index contributed by atoms with van der Waals surface area (Å²) in [5, 5.41) is 14.2. The van der Waals surface area contributed by atoms with Crippen LogP contribution in [0.1, 0.15) is 17.9 Å². The fourth-order valence-corrected chi connectivity index (χ4v) is 3.12. The van der Waals surface area contributed by atoms with Gasteiger partial charge in [0.15, 0.2) is 0 Å². The molecule has 0 unspecified atom stereocenters. The van der Waals surface area contributed by atoms with Crippen molar-refractivity contribution in [2.75, 3.05) is 12.4 Å². The number of carbonyl (C=O) groups is 1. The normalized spacial score (nSPS) is 26.4. The Bertz CT molecular complexity index is 611. The maximum absolute atomic E-state index is 11.9. The fourth-order valence-electron chi connectivity index (χ4n) is 3.12. The number of methoxy groups -OCH3 is 1. The first-order valence-corrected chi connectivity index (χ1v) is 6.42. The maximum Gasteiger partial charge on any atom is 0.328 e. The van der Waals surface area contributed by atoms with Crippen LogP contribution in [0.2, 0.25) is 0 Å². The second kappa shape index (κ2) is 4.63. The molecule has 1 aromatic rings. The molecule has 0 amide bonds.